The summed E-state index contributed by atoms with van der Waals surface area (Å²) in [5.74, 6) is -25.8. The van der Waals surface area contributed by atoms with Crippen LogP contribution in [0.1, 0.15) is 51.4 Å². The van der Waals surface area contributed by atoms with Gasteiger partial charge in [0, 0.05) is 23.7 Å². The number of ether oxygens (including phenoxy) is 2. The SMILES string of the molecule is O=C1OC2(CCCCC2)OC(=O)C12CC(CI)C(CC(F)(F)C(F)(F)C(F)(F)C(F)(F)F)C2. The molecule has 1 aliphatic heterocycles. The minimum absolute atomic E-state index is 0.0484. The van der Waals surface area contributed by atoms with Crippen LogP contribution in [-0.2, 0) is 19.1 Å². The maximum absolute atomic E-state index is 14.3. The highest BCUT2D eigenvalue weighted by Gasteiger charge is 2.82. The lowest BCUT2D eigenvalue weighted by atomic mass is 9.81. The molecule has 0 N–H and O–H groups in total. The van der Waals surface area contributed by atoms with E-state index >= 15 is 0 Å². The van der Waals surface area contributed by atoms with E-state index in [0.717, 1.165) is 6.42 Å². The van der Waals surface area contributed by atoms with E-state index in [2.05, 4.69) is 0 Å². The van der Waals surface area contributed by atoms with Gasteiger partial charge in [0.2, 0.25) is 0 Å². The summed E-state index contributed by atoms with van der Waals surface area (Å²) in [5.41, 5.74) is -2.10. The van der Waals surface area contributed by atoms with E-state index in [-0.39, 0.29) is 17.3 Å². The summed E-state index contributed by atoms with van der Waals surface area (Å²) in [6.45, 7) is 0. The van der Waals surface area contributed by atoms with Crippen LogP contribution in [0.15, 0.2) is 0 Å². The van der Waals surface area contributed by atoms with Gasteiger partial charge in [0.15, 0.2) is 5.41 Å². The van der Waals surface area contributed by atoms with Gasteiger partial charge < -0.3 is 9.47 Å². The third kappa shape index (κ3) is 4.19. The van der Waals surface area contributed by atoms with Crippen molar-refractivity contribution in [2.45, 2.75) is 81.1 Å². The van der Waals surface area contributed by atoms with E-state index in [1.807, 2.05) is 0 Å². The summed E-state index contributed by atoms with van der Waals surface area (Å²) in [5, 5.41) is 0. The third-order valence-electron chi connectivity index (χ3n) is 6.77. The van der Waals surface area contributed by atoms with Crippen molar-refractivity contribution in [3.8, 4) is 0 Å². The van der Waals surface area contributed by atoms with Crippen molar-refractivity contribution in [3.05, 3.63) is 0 Å². The Bertz CT molecular complexity index is 773. The first-order valence-corrected chi connectivity index (χ1v) is 11.7. The van der Waals surface area contributed by atoms with Gasteiger partial charge in [-0.1, -0.05) is 29.0 Å². The van der Waals surface area contributed by atoms with Crippen LogP contribution >= 0.6 is 22.6 Å². The van der Waals surface area contributed by atoms with Crippen molar-refractivity contribution in [3.63, 3.8) is 0 Å². The Balaban J connectivity index is 1.84. The molecule has 0 bridgehead atoms. The zero-order valence-corrected chi connectivity index (χ0v) is 19.1. The van der Waals surface area contributed by atoms with Crippen molar-refractivity contribution in [2.75, 3.05) is 4.43 Å². The molecule has 3 aliphatic rings. The van der Waals surface area contributed by atoms with Crippen molar-refractivity contribution < 1.29 is 58.6 Å². The Labute approximate surface area is 196 Å². The molecule has 4 nitrogen and oxygen atoms in total. The summed E-state index contributed by atoms with van der Waals surface area (Å²) in [6.07, 6.45) is -7.72. The highest BCUT2D eigenvalue weighted by molar-refractivity contribution is 14.1. The highest BCUT2D eigenvalue weighted by atomic mass is 127. The topological polar surface area (TPSA) is 52.6 Å². The van der Waals surface area contributed by atoms with E-state index in [4.69, 9.17) is 9.47 Å². The monoisotopic (exact) mass is 610 g/mol. The van der Waals surface area contributed by atoms with E-state index in [9.17, 15) is 49.1 Å². The molecule has 2 spiro atoms. The Morgan fingerprint density at radius 2 is 1.27 bits per heavy atom. The van der Waals surface area contributed by atoms with Gasteiger partial charge in [0.25, 0.3) is 5.79 Å². The van der Waals surface area contributed by atoms with Crippen molar-refractivity contribution in [1.29, 1.82) is 0 Å². The largest absolute Gasteiger partial charge is 0.460 e. The normalized spacial score (nSPS) is 28.2. The molecule has 190 valence electrons. The molecule has 33 heavy (non-hydrogen) atoms. The first kappa shape index (κ1) is 26.6. The van der Waals surface area contributed by atoms with Crippen LogP contribution in [0.4, 0.5) is 39.5 Å². The molecule has 2 unspecified atom stereocenters. The first-order valence-electron chi connectivity index (χ1n) is 10.2. The van der Waals surface area contributed by atoms with Gasteiger partial charge in [-0.3, -0.25) is 9.59 Å². The number of hydrogen-bond acceptors (Lipinski definition) is 4. The van der Waals surface area contributed by atoms with Gasteiger partial charge in [-0.2, -0.15) is 39.5 Å². The molecule has 1 saturated heterocycles. The Hall–Kier alpha value is -0.960. The molecule has 3 fully saturated rings. The molecular formula is C19H20F9IO4. The van der Waals surface area contributed by atoms with Gasteiger partial charge in [0.05, 0.1) is 0 Å². The zero-order chi connectivity index (χ0) is 25.1. The standard InChI is InChI=1S/C19H20F9IO4/c20-16(21,17(22,23)18(24,25)19(26,27)28)8-10-6-14(7-11(10)9-29)12(30)32-15(33-13(14)31)4-2-1-3-5-15/h10-11H,1-9H2. The number of halogens is 10. The van der Waals surface area contributed by atoms with Crippen molar-refractivity contribution >= 4 is 34.5 Å². The Morgan fingerprint density at radius 3 is 1.73 bits per heavy atom. The summed E-state index contributed by atoms with van der Waals surface area (Å²) in [7, 11) is 0. The number of alkyl halides is 10. The van der Waals surface area contributed by atoms with Crippen LogP contribution in [0.25, 0.3) is 0 Å². The molecule has 1 heterocycles. The molecule has 0 aromatic heterocycles. The molecule has 3 rings (SSSR count). The highest BCUT2D eigenvalue weighted by Crippen LogP contribution is 2.59. The second-order valence-corrected chi connectivity index (χ2v) is 9.85. The van der Waals surface area contributed by atoms with Gasteiger partial charge in [-0.05, 0) is 37.5 Å². The molecule has 0 aromatic carbocycles. The summed E-state index contributed by atoms with van der Waals surface area (Å²) in [4.78, 5) is 25.7. The van der Waals surface area contributed by atoms with Crippen LogP contribution in [0.2, 0.25) is 0 Å². The lowest BCUT2D eigenvalue weighted by molar-refractivity contribution is -0.398. The molecule has 0 radical (unpaired) electrons. The molecule has 14 heteroatoms. The first-order chi connectivity index (χ1) is 14.9. The number of carbonyl (C=O) groups excluding carboxylic acids is 2. The van der Waals surface area contributed by atoms with Gasteiger partial charge in [0.1, 0.15) is 0 Å². The molecular weight excluding hydrogens is 590 g/mol. The van der Waals surface area contributed by atoms with Crippen molar-refractivity contribution in [1.82, 2.24) is 0 Å². The molecule has 0 amide bonds. The third-order valence-corrected chi connectivity index (χ3v) is 7.90. The van der Waals surface area contributed by atoms with Crippen LogP contribution in [-0.4, -0.2) is 46.1 Å². The maximum Gasteiger partial charge on any atom is 0.460 e. The molecule has 2 aliphatic carbocycles. The zero-order valence-electron chi connectivity index (χ0n) is 16.9. The summed E-state index contributed by atoms with van der Waals surface area (Å²) < 4.78 is 130. The maximum atomic E-state index is 14.3. The van der Waals surface area contributed by atoms with E-state index in [0.29, 0.717) is 12.8 Å². The number of hydrogen-bond donors (Lipinski definition) is 0. The van der Waals surface area contributed by atoms with Gasteiger partial charge in [-0.15, -0.1) is 0 Å². The van der Waals surface area contributed by atoms with Crippen LogP contribution in [0.5, 0.6) is 0 Å². The van der Waals surface area contributed by atoms with Crippen LogP contribution in [0.3, 0.4) is 0 Å². The predicted octanol–water partition coefficient (Wildman–Crippen LogP) is 6.05. The molecule has 2 saturated carbocycles. The molecule has 0 aromatic rings. The van der Waals surface area contributed by atoms with Gasteiger partial charge in [-0.25, -0.2) is 0 Å². The average molecular weight is 610 g/mol. The second kappa shape index (κ2) is 8.32. The molecule has 2 atom stereocenters. The summed E-state index contributed by atoms with van der Waals surface area (Å²) >= 11 is 1.67. The lowest BCUT2D eigenvalue weighted by Gasteiger charge is -2.44. The van der Waals surface area contributed by atoms with E-state index in [1.165, 1.54) is 0 Å². The van der Waals surface area contributed by atoms with Crippen molar-refractivity contribution in [2.24, 2.45) is 17.3 Å². The smallest absolute Gasteiger partial charge is 0.422 e. The Kier molecular flexibility index (Phi) is 6.71. The number of esters is 2. The Morgan fingerprint density at radius 1 is 0.788 bits per heavy atom. The minimum atomic E-state index is -6.99. The minimum Gasteiger partial charge on any atom is -0.422 e. The fraction of sp³-hybridized carbons (Fsp3) is 0.895. The predicted molar refractivity (Wildman–Crippen MR) is 101 cm³/mol. The summed E-state index contributed by atoms with van der Waals surface area (Å²) in [6, 6.07) is 0. The quantitative estimate of drug-likeness (QED) is 0.125. The van der Waals surface area contributed by atoms with E-state index in [1.54, 1.807) is 22.6 Å². The fourth-order valence-corrected chi connectivity index (χ4v) is 5.89. The fourth-order valence-electron chi connectivity index (χ4n) is 4.86. The van der Waals surface area contributed by atoms with E-state index < -0.39 is 78.2 Å². The van der Waals surface area contributed by atoms with Gasteiger partial charge >= 0.3 is 35.9 Å². The van der Waals surface area contributed by atoms with Crippen LogP contribution in [0, 0.1) is 17.3 Å². The number of carbonyl (C=O) groups is 2. The number of rotatable bonds is 5. The average Bonchev–Trinajstić information content (AvgIpc) is 3.05. The second-order valence-electron chi connectivity index (χ2n) is 8.97. The lowest BCUT2D eigenvalue weighted by Crippen LogP contribution is -2.61. The van der Waals surface area contributed by atoms with Crippen LogP contribution < -0.4 is 0 Å².